The highest BCUT2D eigenvalue weighted by atomic mass is 35.5. The van der Waals surface area contributed by atoms with Crippen LogP contribution in [0.1, 0.15) is 11.1 Å². The molecule has 0 unspecified atom stereocenters. The molecule has 0 amide bonds. The van der Waals surface area contributed by atoms with Gasteiger partial charge in [0.2, 0.25) is 0 Å². The monoisotopic (exact) mass is 247 g/mol. The van der Waals surface area contributed by atoms with Gasteiger partial charge in [0.05, 0.1) is 5.02 Å². The van der Waals surface area contributed by atoms with Crippen molar-refractivity contribution in [2.75, 3.05) is 5.73 Å². The third kappa shape index (κ3) is 2.53. The summed E-state index contributed by atoms with van der Waals surface area (Å²) in [6.45, 7) is 3.94. The Labute approximate surface area is 106 Å². The molecule has 2 aromatic carbocycles. The number of hydrogen-bond acceptors (Lipinski definition) is 2. The molecule has 2 aromatic rings. The van der Waals surface area contributed by atoms with Crippen molar-refractivity contribution in [3.05, 3.63) is 52.5 Å². The lowest BCUT2D eigenvalue weighted by Crippen LogP contribution is -1.94. The average molecular weight is 248 g/mol. The maximum atomic E-state index is 6.06. The van der Waals surface area contributed by atoms with Gasteiger partial charge in [-0.2, -0.15) is 0 Å². The summed E-state index contributed by atoms with van der Waals surface area (Å²) in [5.74, 6) is 1.47. The minimum absolute atomic E-state index is 0.600. The highest BCUT2D eigenvalue weighted by Crippen LogP contribution is 2.33. The Bertz CT molecular complexity index is 529. The number of nitrogen functional groups attached to an aromatic ring is 1. The summed E-state index contributed by atoms with van der Waals surface area (Å²) >= 11 is 6.06. The molecule has 2 nitrogen and oxygen atoms in total. The Morgan fingerprint density at radius 2 is 1.65 bits per heavy atom. The van der Waals surface area contributed by atoms with Gasteiger partial charge in [-0.1, -0.05) is 23.7 Å². The number of nitrogens with two attached hydrogens (primary N) is 1. The molecule has 0 aliphatic carbocycles. The predicted octanol–water partition coefficient (Wildman–Crippen LogP) is 4.33. The Kier molecular flexibility index (Phi) is 3.25. The van der Waals surface area contributed by atoms with Gasteiger partial charge in [0.25, 0.3) is 0 Å². The maximum absolute atomic E-state index is 6.06. The van der Waals surface area contributed by atoms with Crippen molar-refractivity contribution in [1.82, 2.24) is 0 Å². The Morgan fingerprint density at radius 1 is 1.06 bits per heavy atom. The first kappa shape index (κ1) is 11.8. The fourth-order valence-electron chi connectivity index (χ4n) is 1.78. The van der Waals surface area contributed by atoms with E-state index in [2.05, 4.69) is 0 Å². The molecule has 0 aliphatic heterocycles. The molecule has 2 rings (SSSR count). The van der Waals surface area contributed by atoms with E-state index in [9.17, 15) is 0 Å². The van der Waals surface area contributed by atoms with Crippen LogP contribution in [0.2, 0.25) is 5.02 Å². The van der Waals surface area contributed by atoms with Crippen molar-refractivity contribution in [3.8, 4) is 11.5 Å². The fourth-order valence-corrected chi connectivity index (χ4v) is 1.96. The van der Waals surface area contributed by atoms with E-state index in [1.54, 1.807) is 6.07 Å². The lowest BCUT2D eigenvalue weighted by Gasteiger charge is -2.13. The van der Waals surface area contributed by atoms with Crippen molar-refractivity contribution in [3.63, 3.8) is 0 Å². The van der Waals surface area contributed by atoms with Gasteiger partial charge >= 0.3 is 0 Å². The summed E-state index contributed by atoms with van der Waals surface area (Å²) in [4.78, 5) is 0. The molecular formula is C14H14ClNO. The summed E-state index contributed by atoms with van der Waals surface area (Å²) in [6, 6.07) is 11.2. The molecule has 0 heterocycles. The molecule has 3 heteroatoms. The van der Waals surface area contributed by atoms with Crippen molar-refractivity contribution in [2.45, 2.75) is 13.8 Å². The minimum atomic E-state index is 0.600. The summed E-state index contributed by atoms with van der Waals surface area (Å²) in [5, 5.41) is 0.600. The highest BCUT2D eigenvalue weighted by molar-refractivity contribution is 6.32. The lowest BCUT2D eigenvalue weighted by molar-refractivity contribution is 0.475. The second-order valence-corrected chi connectivity index (χ2v) is 4.42. The molecule has 17 heavy (non-hydrogen) atoms. The average Bonchev–Trinajstić information content (AvgIpc) is 2.25. The van der Waals surface area contributed by atoms with Crippen LogP contribution in [0.25, 0.3) is 0 Å². The van der Waals surface area contributed by atoms with Crippen LogP contribution in [-0.2, 0) is 0 Å². The van der Waals surface area contributed by atoms with E-state index in [-0.39, 0.29) is 0 Å². The van der Waals surface area contributed by atoms with Crippen LogP contribution in [0, 0.1) is 13.8 Å². The number of para-hydroxylation sites is 1. The summed E-state index contributed by atoms with van der Waals surface area (Å²) in [7, 11) is 0. The van der Waals surface area contributed by atoms with Crippen LogP contribution >= 0.6 is 11.6 Å². The van der Waals surface area contributed by atoms with E-state index in [4.69, 9.17) is 22.1 Å². The van der Waals surface area contributed by atoms with Crippen LogP contribution in [0.15, 0.2) is 36.4 Å². The Morgan fingerprint density at radius 3 is 2.24 bits per heavy atom. The van der Waals surface area contributed by atoms with Crippen molar-refractivity contribution < 1.29 is 4.74 Å². The molecule has 0 radical (unpaired) electrons. The minimum Gasteiger partial charge on any atom is -0.455 e. The number of aryl methyl sites for hydroxylation is 2. The van der Waals surface area contributed by atoms with Gasteiger partial charge in [-0.25, -0.2) is 0 Å². The zero-order valence-corrected chi connectivity index (χ0v) is 10.6. The number of ether oxygens (including phenoxy) is 1. The molecule has 0 saturated carbocycles. The zero-order valence-electron chi connectivity index (χ0n) is 9.83. The predicted molar refractivity (Wildman–Crippen MR) is 71.9 cm³/mol. The zero-order chi connectivity index (χ0) is 12.4. The van der Waals surface area contributed by atoms with E-state index in [0.29, 0.717) is 10.8 Å². The molecule has 0 spiro atoms. The maximum Gasteiger partial charge on any atom is 0.146 e. The molecule has 0 fully saturated rings. The number of halogens is 1. The van der Waals surface area contributed by atoms with Gasteiger partial charge in [-0.3, -0.25) is 0 Å². The van der Waals surface area contributed by atoms with Gasteiger partial charge < -0.3 is 10.5 Å². The lowest BCUT2D eigenvalue weighted by atomic mass is 10.1. The first-order chi connectivity index (χ1) is 8.08. The van der Waals surface area contributed by atoms with Gasteiger partial charge in [0.15, 0.2) is 0 Å². The van der Waals surface area contributed by atoms with Crippen molar-refractivity contribution in [2.24, 2.45) is 0 Å². The first-order valence-corrected chi connectivity index (χ1v) is 5.75. The standard InChI is InChI=1S/C14H14ClNO/c1-9-7-11(16)8-10(2)14(9)17-13-6-4-3-5-12(13)15/h3-8H,16H2,1-2H3. The number of rotatable bonds is 2. The van der Waals surface area contributed by atoms with Gasteiger partial charge in [0.1, 0.15) is 11.5 Å². The third-order valence-corrected chi connectivity index (χ3v) is 2.84. The SMILES string of the molecule is Cc1cc(N)cc(C)c1Oc1ccccc1Cl. The van der Waals surface area contributed by atoms with Gasteiger partial charge in [-0.15, -0.1) is 0 Å². The molecule has 2 N–H and O–H groups in total. The molecule has 0 bridgehead atoms. The van der Waals surface area contributed by atoms with Crippen LogP contribution in [0.5, 0.6) is 11.5 Å². The van der Waals surface area contributed by atoms with E-state index < -0.39 is 0 Å². The number of hydrogen-bond donors (Lipinski definition) is 1. The van der Waals surface area contributed by atoms with Crippen LogP contribution < -0.4 is 10.5 Å². The Hall–Kier alpha value is -1.67. The van der Waals surface area contributed by atoms with Gasteiger partial charge in [-0.05, 0) is 49.2 Å². The molecule has 88 valence electrons. The second kappa shape index (κ2) is 4.68. The van der Waals surface area contributed by atoms with E-state index in [0.717, 1.165) is 22.6 Å². The smallest absolute Gasteiger partial charge is 0.146 e. The summed E-state index contributed by atoms with van der Waals surface area (Å²) in [6.07, 6.45) is 0. The Balaban J connectivity index is 2.40. The highest BCUT2D eigenvalue weighted by Gasteiger charge is 2.08. The molecular weight excluding hydrogens is 234 g/mol. The molecule has 0 atom stereocenters. The van der Waals surface area contributed by atoms with Crippen LogP contribution in [0.4, 0.5) is 5.69 Å². The first-order valence-electron chi connectivity index (χ1n) is 5.37. The van der Waals surface area contributed by atoms with E-state index in [1.165, 1.54) is 0 Å². The van der Waals surface area contributed by atoms with E-state index in [1.807, 2.05) is 44.2 Å². The summed E-state index contributed by atoms with van der Waals surface area (Å²) in [5.41, 5.74) is 8.52. The molecule has 0 saturated heterocycles. The topological polar surface area (TPSA) is 35.2 Å². The fraction of sp³-hybridized carbons (Fsp3) is 0.143. The van der Waals surface area contributed by atoms with Crippen LogP contribution in [-0.4, -0.2) is 0 Å². The van der Waals surface area contributed by atoms with Crippen LogP contribution in [0.3, 0.4) is 0 Å². The van der Waals surface area contributed by atoms with E-state index >= 15 is 0 Å². The number of anilines is 1. The largest absolute Gasteiger partial charge is 0.455 e. The van der Waals surface area contributed by atoms with Crippen molar-refractivity contribution >= 4 is 17.3 Å². The summed E-state index contributed by atoms with van der Waals surface area (Å²) < 4.78 is 5.84. The third-order valence-electron chi connectivity index (χ3n) is 2.53. The van der Waals surface area contributed by atoms with Gasteiger partial charge in [0, 0.05) is 5.69 Å². The number of benzene rings is 2. The second-order valence-electron chi connectivity index (χ2n) is 4.02. The molecule has 0 aliphatic rings. The van der Waals surface area contributed by atoms with Crippen molar-refractivity contribution in [1.29, 1.82) is 0 Å². The normalized spacial score (nSPS) is 10.3. The quantitative estimate of drug-likeness (QED) is 0.802. The molecule has 0 aromatic heterocycles.